The van der Waals surface area contributed by atoms with E-state index in [1.54, 1.807) is 0 Å². The largest absolute Gasteiger partial charge is 0.454 e. The van der Waals surface area contributed by atoms with E-state index >= 15 is 0 Å². The van der Waals surface area contributed by atoms with Gasteiger partial charge in [0.1, 0.15) is 0 Å². The minimum Gasteiger partial charge on any atom is -0.454 e. The Hall–Kier alpha value is -2.51. The molecule has 0 saturated carbocycles. The first kappa shape index (κ1) is 17.9. The molecule has 0 bridgehead atoms. The van der Waals surface area contributed by atoms with Gasteiger partial charge in [0, 0.05) is 30.5 Å². The fraction of sp³-hybridized carbons (Fsp3) is 0.350. The molecule has 0 amide bonds. The zero-order valence-corrected chi connectivity index (χ0v) is 16.1. The molecule has 7 heteroatoms. The quantitative estimate of drug-likeness (QED) is 0.783. The molecular formula is C20H23N3O3S. The summed E-state index contributed by atoms with van der Waals surface area (Å²) in [5.41, 5.74) is 3.28. The van der Waals surface area contributed by atoms with Crippen molar-refractivity contribution in [3.63, 3.8) is 0 Å². The highest BCUT2D eigenvalue weighted by Crippen LogP contribution is 2.34. The van der Waals surface area contributed by atoms with Crippen LogP contribution in [0.4, 0.5) is 11.4 Å². The molecule has 1 saturated heterocycles. The second-order valence-electron chi connectivity index (χ2n) is 6.58. The van der Waals surface area contributed by atoms with Crippen molar-refractivity contribution < 1.29 is 14.2 Å². The Labute approximate surface area is 164 Å². The van der Waals surface area contributed by atoms with E-state index in [9.17, 15) is 0 Å². The number of thiocarbonyl (C=S) groups is 1. The van der Waals surface area contributed by atoms with Crippen LogP contribution in [0.2, 0.25) is 0 Å². The van der Waals surface area contributed by atoms with Crippen LogP contribution in [0.1, 0.15) is 18.5 Å². The smallest absolute Gasteiger partial charge is 0.231 e. The molecule has 0 aliphatic carbocycles. The van der Waals surface area contributed by atoms with Gasteiger partial charge in [0.2, 0.25) is 6.79 Å². The molecule has 6 nitrogen and oxygen atoms in total. The highest BCUT2D eigenvalue weighted by atomic mass is 32.1. The van der Waals surface area contributed by atoms with Gasteiger partial charge in [0.25, 0.3) is 0 Å². The van der Waals surface area contributed by atoms with Crippen molar-refractivity contribution in [1.29, 1.82) is 0 Å². The third-order valence-electron chi connectivity index (χ3n) is 4.75. The predicted octanol–water partition coefficient (Wildman–Crippen LogP) is 3.30. The van der Waals surface area contributed by atoms with Crippen molar-refractivity contribution in [1.82, 2.24) is 5.32 Å². The van der Waals surface area contributed by atoms with E-state index in [0.29, 0.717) is 5.11 Å². The van der Waals surface area contributed by atoms with Crippen LogP contribution >= 0.6 is 12.2 Å². The average Bonchev–Trinajstić information content (AvgIpc) is 3.16. The summed E-state index contributed by atoms with van der Waals surface area (Å²) in [6, 6.07) is 14.4. The summed E-state index contributed by atoms with van der Waals surface area (Å²) in [4.78, 5) is 2.34. The topological polar surface area (TPSA) is 55.0 Å². The van der Waals surface area contributed by atoms with Gasteiger partial charge < -0.3 is 29.7 Å². The molecule has 4 rings (SSSR count). The Balaban J connectivity index is 1.34. The molecule has 1 fully saturated rings. The van der Waals surface area contributed by atoms with Gasteiger partial charge >= 0.3 is 0 Å². The summed E-state index contributed by atoms with van der Waals surface area (Å²) in [7, 11) is 0. The molecular weight excluding hydrogens is 362 g/mol. The Morgan fingerprint density at radius 3 is 2.56 bits per heavy atom. The molecule has 2 aliphatic heterocycles. The van der Waals surface area contributed by atoms with Gasteiger partial charge in [-0.25, -0.2) is 0 Å². The minimum atomic E-state index is 0.0951. The Morgan fingerprint density at radius 1 is 1.04 bits per heavy atom. The molecule has 0 spiro atoms. The van der Waals surface area contributed by atoms with Crippen LogP contribution in [-0.2, 0) is 4.74 Å². The second-order valence-corrected chi connectivity index (χ2v) is 6.99. The SMILES string of the molecule is C[C@H](NC(=S)Nc1ccc2c(c1)OCO2)c1ccc(N2CCOCC2)cc1. The molecule has 27 heavy (non-hydrogen) atoms. The number of nitrogens with zero attached hydrogens (tertiary/aromatic N) is 1. The maximum absolute atomic E-state index is 5.45. The summed E-state index contributed by atoms with van der Waals surface area (Å²) in [5, 5.41) is 7.09. The summed E-state index contributed by atoms with van der Waals surface area (Å²) < 4.78 is 16.1. The van der Waals surface area contributed by atoms with E-state index in [4.69, 9.17) is 26.4 Å². The highest BCUT2D eigenvalue weighted by molar-refractivity contribution is 7.80. The Bertz CT molecular complexity index is 807. The molecule has 2 N–H and O–H groups in total. The number of nitrogens with one attached hydrogen (secondary N) is 2. The van der Waals surface area contributed by atoms with Crippen molar-refractivity contribution in [3.8, 4) is 11.5 Å². The van der Waals surface area contributed by atoms with E-state index in [-0.39, 0.29) is 12.8 Å². The number of morpholine rings is 1. The van der Waals surface area contributed by atoms with Gasteiger partial charge in [-0.2, -0.15) is 0 Å². The van der Waals surface area contributed by atoms with Gasteiger partial charge in [0.15, 0.2) is 16.6 Å². The van der Waals surface area contributed by atoms with Crippen LogP contribution < -0.4 is 25.0 Å². The third kappa shape index (κ3) is 4.26. The van der Waals surface area contributed by atoms with Gasteiger partial charge in [0.05, 0.1) is 19.3 Å². The van der Waals surface area contributed by atoms with E-state index in [1.807, 2.05) is 18.2 Å². The molecule has 0 radical (unpaired) electrons. The minimum absolute atomic E-state index is 0.0951. The normalized spacial score (nSPS) is 16.7. The molecule has 1 atom stereocenters. The lowest BCUT2D eigenvalue weighted by molar-refractivity contribution is 0.122. The summed E-state index contributed by atoms with van der Waals surface area (Å²) >= 11 is 5.45. The lowest BCUT2D eigenvalue weighted by Crippen LogP contribution is -2.36. The average molecular weight is 385 g/mol. The van der Waals surface area contributed by atoms with Crippen molar-refractivity contribution in [2.24, 2.45) is 0 Å². The number of hydrogen-bond donors (Lipinski definition) is 2. The fourth-order valence-corrected chi connectivity index (χ4v) is 3.51. The number of benzene rings is 2. The van der Waals surface area contributed by atoms with Gasteiger partial charge in [-0.15, -0.1) is 0 Å². The number of hydrogen-bond acceptors (Lipinski definition) is 5. The van der Waals surface area contributed by atoms with Crippen molar-refractivity contribution >= 4 is 28.7 Å². The summed E-state index contributed by atoms with van der Waals surface area (Å²) in [6.45, 7) is 5.82. The zero-order valence-electron chi connectivity index (χ0n) is 15.2. The Kier molecular flexibility index (Phi) is 5.31. The Morgan fingerprint density at radius 2 is 1.78 bits per heavy atom. The first-order valence-corrected chi connectivity index (χ1v) is 9.50. The molecule has 2 aromatic rings. The van der Waals surface area contributed by atoms with Gasteiger partial charge in [-0.05, 0) is 49.0 Å². The lowest BCUT2D eigenvalue weighted by Gasteiger charge is -2.29. The van der Waals surface area contributed by atoms with E-state index in [1.165, 1.54) is 11.3 Å². The summed E-state index contributed by atoms with van der Waals surface area (Å²) in [5.74, 6) is 1.49. The highest BCUT2D eigenvalue weighted by Gasteiger charge is 2.15. The molecule has 2 aliphatic rings. The molecule has 142 valence electrons. The molecule has 0 aromatic heterocycles. The van der Waals surface area contributed by atoms with Crippen LogP contribution in [0.25, 0.3) is 0 Å². The number of anilines is 2. The number of rotatable bonds is 4. The van der Waals surface area contributed by atoms with E-state index in [0.717, 1.165) is 43.5 Å². The number of fused-ring (bicyclic) bond motifs is 1. The van der Waals surface area contributed by atoms with E-state index in [2.05, 4.69) is 46.7 Å². The van der Waals surface area contributed by atoms with Crippen LogP contribution in [0.15, 0.2) is 42.5 Å². The maximum Gasteiger partial charge on any atom is 0.231 e. The third-order valence-corrected chi connectivity index (χ3v) is 4.97. The first-order valence-electron chi connectivity index (χ1n) is 9.09. The number of ether oxygens (including phenoxy) is 3. The van der Waals surface area contributed by atoms with Crippen molar-refractivity contribution in [2.45, 2.75) is 13.0 Å². The monoisotopic (exact) mass is 385 g/mol. The molecule has 0 unspecified atom stereocenters. The first-order chi connectivity index (χ1) is 13.2. The maximum atomic E-state index is 5.45. The van der Waals surface area contributed by atoms with Gasteiger partial charge in [-0.3, -0.25) is 0 Å². The van der Waals surface area contributed by atoms with E-state index < -0.39 is 0 Å². The van der Waals surface area contributed by atoms with Crippen LogP contribution in [0.5, 0.6) is 11.5 Å². The standard InChI is InChI=1S/C20H23N3O3S/c1-14(15-2-5-17(6-3-15)23-8-10-24-11-9-23)21-20(27)22-16-4-7-18-19(12-16)26-13-25-18/h2-7,12,14H,8-11,13H2,1H3,(H2,21,22,27)/t14-/m0/s1. The van der Waals surface area contributed by atoms with Crippen molar-refractivity contribution in [3.05, 3.63) is 48.0 Å². The second kappa shape index (κ2) is 8.02. The summed E-state index contributed by atoms with van der Waals surface area (Å²) in [6.07, 6.45) is 0. The molecule has 2 aromatic carbocycles. The lowest BCUT2D eigenvalue weighted by atomic mass is 10.1. The van der Waals surface area contributed by atoms with Crippen LogP contribution in [0, 0.1) is 0 Å². The van der Waals surface area contributed by atoms with Gasteiger partial charge in [-0.1, -0.05) is 12.1 Å². The zero-order chi connectivity index (χ0) is 18.6. The molecule has 2 heterocycles. The van der Waals surface area contributed by atoms with Crippen LogP contribution in [0.3, 0.4) is 0 Å². The fourth-order valence-electron chi connectivity index (χ4n) is 3.22. The predicted molar refractivity (Wildman–Crippen MR) is 110 cm³/mol. The van der Waals surface area contributed by atoms with Crippen molar-refractivity contribution in [2.75, 3.05) is 43.3 Å². The van der Waals surface area contributed by atoms with Crippen LogP contribution in [-0.4, -0.2) is 38.2 Å².